The zero-order valence-electron chi connectivity index (χ0n) is 21.3. The molecule has 0 unspecified atom stereocenters. The van der Waals surface area contributed by atoms with Crippen molar-refractivity contribution < 1.29 is 26.7 Å². The number of fused-ring (bicyclic) bond motifs is 1. The number of aromatic nitrogens is 1. The highest BCUT2D eigenvalue weighted by Gasteiger charge is 2.25. The molecule has 7 nitrogen and oxygen atoms in total. The molecule has 202 valence electrons. The summed E-state index contributed by atoms with van der Waals surface area (Å²) >= 11 is 0. The van der Waals surface area contributed by atoms with E-state index in [4.69, 9.17) is 4.74 Å². The van der Waals surface area contributed by atoms with Crippen LogP contribution in [-0.4, -0.2) is 62.4 Å². The maximum Gasteiger partial charge on any atom is 0.254 e. The predicted octanol–water partition coefficient (Wildman–Crippen LogP) is 4.45. The number of sulfone groups is 1. The molecule has 0 N–H and O–H groups in total. The maximum atomic E-state index is 14.0. The third kappa shape index (κ3) is 5.62. The van der Waals surface area contributed by atoms with E-state index in [9.17, 15) is 22.0 Å². The lowest BCUT2D eigenvalue weighted by Crippen LogP contribution is -2.48. The number of amides is 1. The van der Waals surface area contributed by atoms with Crippen molar-refractivity contribution in [2.24, 2.45) is 0 Å². The van der Waals surface area contributed by atoms with Crippen molar-refractivity contribution >= 4 is 26.6 Å². The lowest BCUT2D eigenvalue weighted by Gasteiger charge is -2.35. The molecule has 1 amide bonds. The van der Waals surface area contributed by atoms with Crippen molar-refractivity contribution in [1.82, 2.24) is 14.8 Å². The Kier molecular flexibility index (Phi) is 7.58. The SMILES string of the molecule is COc1cc(C(=O)N2CCN(Cc3cccc(F)c3F)CC2)ccc1CS(=O)(=O)c1cccc2cccnc12. The highest BCUT2D eigenvalue weighted by molar-refractivity contribution is 7.90. The van der Waals surface area contributed by atoms with Gasteiger partial charge in [0.2, 0.25) is 0 Å². The third-order valence-electron chi connectivity index (χ3n) is 6.90. The average molecular weight is 552 g/mol. The van der Waals surface area contributed by atoms with E-state index >= 15 is 0 Å². The van der Waals surface area contributed by atoms with Crippen LogP contribution in [0.1, 0.15) is 21.5 Å². The normalized spacial score (nSPS) is 14.5. The van der Waals surface area contributed by atoms with Gasteiger partial charge in [0.1, 0.15) is 5.75 Å². The van der Waals surface area contributed by atoms with Crippen LogP contribution in [0.3, 0.4) is 0 Å². The van der Waals surface area contributed by atoms with Gasteiger partial charge in [-0.15, -0.1) is 0 Å². The van der Waals surface area contributed by atoms with E-state index in [1.807, 2.05) is 17.0 Å². The number of halogens is 2. The number of ether oxygens (including phenoxy) is 1. The number of hydrogen-bond donors (Lipinski definition) is 0. The van der Waals surface area contributed by atoms with Crippen LogP contribution < -0.4 is 4.74 Å². The maximum absolute atomic E-state index is 14.0. The quantitative estimate of drug-likeness (QED) is 0.338. The number of para-hydroxylation sites is 1. The molecule has 0 atom stereocenters. The minimum atomic E-state index is -3.76. The summed E-state index contributed by atoms with van der Waals surface area (Å²) in [6.45, 7) is 2.11. The van der Waals surface area contributed by atoms with Gasteiger partial charge in [0.05, 0.1) is 23.3 Å². The highest BCUT2D eigenvalue weighted by Crippen LogP contribution is 2.29. The molecule has 5 rings (SSSR count). The fraction of sp³-hybridized carbons (Fsp3) is 0.241. The number of carbonyl (C=O) groups excluding carboxylic acids is 1. The Balaban J connectivity index is 1.28. The molecule has 2 heterocycles. The fourth-order valence-electron chi connectivity index (χ4n) is 4.81. The first-order valence-electron chi connectivity index (χ1n) is 12.4. The molecule has 1 aliphatic heterocycles. The zero-order chi connectivity index (χ0) is 27.6. The number of rotatable bonds is 7. The number of nitrogens with zero attached hydrogens (tertiary/aromatic N) is 3. The summed E-state index contributed by atoms with van der Waals surface area (Å²) in [6, 6.07) is 17.5. The van der Waals surface area contributed by atoms with Crippen LogP contribution in [0.5, 0.6) is 5.75 Å². The molecule has 0 saturated carbocycles. The van der Waals surface area contributed by atoms with Gasteiger partial charge in [0, 0.05) is 61.0 Å². The Morgan fingerprint density at radius 3 is 2.46 bits per heavy atom. The van der Waals surface area contributed by atoms with Crippen LogP contribution in [0.2, 0.25) is 0 Å². The molecule has 3 aromatic carbocycles. The summed E-state index contributed by atoms with van der Waals surface area (Å²) in [5.41, 5.74) is 1.50. The lowest BCUT2D eigenvalue weighted by atomic mass is 10.1. The summed E-state index contributed by atoms with van der Waals surface area (Å²) < 4.78 is 59.7. The fourth-order valence-corrected chi connectivity index (χ4v) is 6.36. The highest BCUT2D eigenvalue weighted by atomic mass is 32.2. The number of carbonyl (C=O) groups is 1. The molecule has 1 saturated heterocycles. The van der Waals surface area contributed by atoms with Gasteiger partial charge in [0.25, 0.3) is 5.91 Å². The molecule has 39 heavy (non-hydrogen) atoms. The summed E-state index contributed by atoms with van der Waals surface area (Å²) in [7, 11) is -2.32. The molecule has 10 heteroatoms. The van der Waals surface area contributed by atoms with Crippen molar-refractivity contribution in [1.29, 1.82) is 0 Å². The second kappa shape index (κ2) is 11.1. The van der Waals surface area contributed by atoms with Crippen molar-refractivity contribution in [3.63, 3.8) is 0 Å². The first-order valence-corrected chi connectivity index (χ1v) is 14.1. The van der Waals surface area contributed by atoms with Crippen LogP contribution in [0, 0.1) is 11.6 Å². The average Bonchev–Trinajstić information content (AvgIpc) is 2.95. The van der Waals surface area contributed by atoms with Gasteiger partial charge >= 0.3 is 0 Å². The van der Waals surface area contributed by atoms with E-state index in [0.29, 0.717) is 48.6 Å². The van der Waals surface area contributed by atoms with E-state index in [-0.39, 0.29) is 28.7 Å². The molecule has 1 aliphatic rings. The van der Waals surface area contributed by atoms with Gasteiger partial charge in [-0.3, -0.25) is 14.7 Å². The minimum absolute atomic E-state index is 0.138. The summed E-state index contributed by atoms with van der Waals surface area (Å²) in [6.07, 6.45) is 1.56. The van der Waals surface area contributed by atoms with Gasteiger partial charge in [-0.05, 0) is 30.3 Å². The minimum Gasteiger partial charge on any atom is -0.496 e. The molecule has 0 spiro atoms. The van der Waals surface area contributed by atoms with Crippen molar-refractivity contribution in [2.75, 3.05) is 33.3 Å². The van der Waals surface area contributed by atoms with E-state index in [2.05, 4.69) is 4.98 Å². The van der Waals surface area contributed by atoms with Crippen molar-refractivity contribution in [3.05, 3.63) is 101 Å². The molecule has 0 radical (unpaired) electrons. The Hall–Kier alpha value is -3.89. The van der Waals surface area contributed by atoms with Gasteiger partial charge in [-0.25, -0.2) is 17.2 Å². The molecule has 1 fully saturated rings. The second-order valence-electron chi connectivity index (χ2n) is 9.40. The molecule has 1 aromatic heterocycles. The van der Waals surface area contributed by atoms with Crippen LogP contribution in [0.4, 0.5) is 8.78 Å². The van der Waals surface area contributed by atoms with Crippen molar-refractivity contribution in [3.8, 4) is 5.75 Å². The van der Waals surface area contributed by atoms with Crippen LogP contribution in [0.15, 0.2) is 77.8 Å². The number of benzene rings is 3. The molecular weight excluding hydrogens is 524 g/mol. The van der Waals surface area contributed by atoms with Crippen LogP contribution in [0.25, 0.3) is 10.9 Å². The van der Waals surface area contributed by atoms with Crippen molar-refractivity contribution in [2.45, 2.75) is 17.2 Å². The zero-order valence-corrected chi connectivity index (χ0v) is 22.1. The van der Waals surface area contributed by atoms with Gasteiger partial charge in [-0.2, -0.15) is 0 Å². The van der Waals surface area contributed by atoms with E-state index in [0.717, 1.165) is 11.5 Å². The Morgan fingerprint density at radius 1 is 0.949 bits per heavy atom. The first kappa shape index (κ1) is 26.7. The largest absolute Gasteiger partial charge is 0.496 e. The number of pyridine rings is 1. The van der Waals surface area contributed by atoms with Crippen LogP contribution in [-0.2, 0) is 22.1 Å². The van der Waals surface area contributed by atoms with E-state index in [1.165, 1.54) is 19.2 Å². The Bertz CT molecular complexity index is 1630. The summed E-state index contributed by atoms with van der Waals surface area (Å²) in [4.78, 5) is 21.3. The van der Waals surface area contributed by atoms with E-state index in [1.54, 1.807) is 47.5 Å². The standard InChI is InChI=1S/C29H27F2N3O4S/c1-38-25-17-21(29(35)34-15-13-33(14-16-34)18-22-6-2-8-24(30)27(22)31)10-11-23(25)19-39(36,37)26-9-3-5-20-7-4-12-32-28(20)26/h2-12,17H,13-16,18-19H2,1H3. The van der Waals surface area contributed by atoms with Gasteiger partial charge in [-0.1, -0.05) is 36.4 Å². The topological polar surface area (TPSA) is 79.8 Å². The Labute approximate surface area is 225 Å². The summed E-state index contributed by atoms with van der Waals surface area (Å²) in [5.74, 6) is -1.94. The number of hydrogen-bond acceptors (Lipinski definition) is 6. The molecule has 0 aliphatic carbocycles. The van der Waals surface area contributed by atoms with E-state index < -0.39 is 21.5 Å². The third-order valence-corrected chi connectivity index (χ3v) is 8.59. The lowest BCUT2D eigenvalue weighted by molar-refractivity contribution is 0.0626. The number of methoxy groups -OCH3 is 1. The van der Waals surface area contributed by atoms with Crippen LogP contribution >= 0.6 is 0 Å². The predicted molar refractivity (Wildman–Crippen MR) is 143 cm³/mol. The monoisotopic (exact) mass is 551 g/mol. The molecule has 4 aromatic rings. The van der Waals surface area contributed by atoms with Gasteiger partial charge in [0.15, 0.2) is 21.5 Å². The first-order chi connectivity index (χ1) is 18.8. The second-order valence-corrected chi connectivity index (χ2v) is 11.4. The van der Waals surface area contributed by atoms with Gasteiger partial charge < -0.3 is 9.64 Å². The summed E-state index contributed by atoms with van der Waals surface area (Å²) in [5, 5.41) is 0.729. The smallest absolute Gasteiger partial charge is 0.254 e. The Morgan fingerprint density at radius 2 is 1.69 bits per heavy atom. The molecule has 0 bridgehead atoms. The molecular formula is C29H27F2N3O4S. The number of piperazine rings is 1.